The van der Waals surface area contributed by atoms with Gasteiger partial charge in [-0.1, -0.05) is 41.9 Å². The number of nitrogens with zero attached hydrogens (tertiary/aromatic N) is 2. The molecule has 2 N–H and O–H groups in total. The molecule has 3 aromatic rings. The number of ether oxygens (including phenoxy) is 2. The van der Waals surface area contributed by atoms with Crippen LogP contribution in [0.5, 0.6) is 11.5 Å². The molecule has 0 unspecified atom stereocenters. The van der Waals surface area contributed by atoms with Crippen molar-refractivity contribution in [3.05, 3.63) is 93.0 Å². The van der Waals surface area contributed by atoms with Crippen molar-refractivity contribution < 1.29 is 27.6 Å². The number of carbonyl (C=O) groups excluding carboxylic acids is 1. The van der Waals surface area contributed by atoms with E-state index in [2.05, 4.69) is 0 Å². The van der Waals surface area contributed by atoms with Crippen LogP contribution in [0.4, 0.5) is 5.69 Å². The van der Waals surface area contributed by atoms with E-state index in [0.29, 0.717) is 10.6 Å². The highest BCUT2D eigenvalue weighted by Gasteiger charge is 2.38. The van der Waals surface area contributed by atoms with Crippen LogP contribution in [-0.2, 0) is 21.4 Å². The lowest BCUT2D eigenvalue weighted by atomic mass is 10.1. The molecule has 0 heterocycles. The number of nitro groups is 1. The van der Waals surface area contributed by atoms with E-state index in [4.69, 9.17) is 26.8 Å². The molecule has 0 fully saturated rings. The molecule has 0 bridgehead atoms. The van der Waals surface area contributed by atoms with Crippen LogP contribution in [0.25, 0.3) is 0 Å². The van der Waals surface area contributed by atoms with Gasteiger partial charge in [-0.15, -0.1) is 0 Å². The lowest BCUT2D eigenvalue weighted by Crippen LogP contribution is -2.41. The molecule has 0 aliphatic rings. The summed E-state index contributed by atoms with van der Waals surface area (Å²) >= 11 is 5.91. The molecular formula is C23H22ClN3O7S. The molecule has 12 heteroatoms. The molecule has 0 radical (unpaired) electrons. The Bertz CT molecular complexity index is 1330. The van der Waals surface area contributed by atoms with Crippen LogP contribution in [0.1, 0.15) is 17.2 Å². The predicted octanol–water partition coefficient (Wildman–Crippen LogP) is 3.68. The van der Waals surface area contributed by atoms with Crippen molar-refractivity contribution in [2.75, 3.05) is 14.2 Å². The highest BCUT2D eigenvalue weighted by atomic mass is 35.5. The summed E-state index contributed by atoms with van der Waals surface area (Å²) in [4.78, 5) is 23.6. The number of benzene rings is 3. The number of sulfonamides is 1. The number of hydrogen-bond acceptors (Lipinski definition) is 7. The van der Waals surface area contributed by atoms with Gasteiger partial charge in [-0.2, -0.15) is 4.31 Å². The average Bonchev–Trinajstić information content (AvgIpc) is 2.83. The smallest absolute Gasteiger partial charge is 0.277 e. The van der Waals surface area contributed by atoms with Crippen LogP contribution in [0.15, 0.2) is 71.6 Å². The Kier molecular flexibility index (Phi) is 7.95. The van der Waals surface area contributed by atoms with Crippen LogP contribution in [0.3, 0.4) is 0 Å². The van der Waals surface area contributed by atoms with Crippen molar-refractivity contribution in [3.63, 3.8) is 0 Å². The quantitative estimate of drug-likeness (QED) is 0.318. The summed E-state index contributed by atoms with van der Waals surface area (Å²) in [6, 6.07) is 14.3. The Labute approximate surface area is 207 Å². The van der Waals surface area contributed by atoms with Crippen molar-refractivity contribution >= 4 is 33.2 Å². The average molecular weight is 520 g/mol. The molecule has 184 valence electrons. The second-order valence-electron chi connectivity index (χ2n) is 7.31. The number of primary amides is 1. The van der Waals surface area contributed by atoms with Gasteiger partial charge in [0.25, 0.3) is 5.69 Å². The van der Waals surface area contributed by atoms with E-state index in [0.717, 1.165) is 10.4 Å². The lowest BCUT2D eigenvalue weighted by molar-refractivity contribution is -0.385. The number of amides is 1. The van der Waals surface area contributed by atoms with Gasteiger partial charge in [0.05, 0.1) is 30.1 Å². The summed E-state index contributed by atoms with van der Waals surface area (Å²) in [5.41, 5.74) is 5.51. The van der Waals surface area contributed by atoms with Gasteiger partial charge in [0.2, 0.25) is 15.9 Å². The molecule has 1 atom stereocenters. The lowest BCUT2D eigenvalue weighted by Gasteiger charge is -2.29. The first-order valence-electron chi connectivity index (χ1n) is 10.1. The van der Waals surface area contributed by atoms with E-state index >= 15 is 0 Å². The largest absolute Gasteiger partial charge is 0.493 e. The van der Waals surface area contributed by atoms with Gasteiger partial charge in [0.1, 0.15) is 6.04 Å². The van der Waals surface area contributed by atoms with Crippen LogP contribution in [-0.4, -0.2) is 37.8 Å². The summed E-state index contributed by atoms with van der Waals surface area (Å²) in [6.07, 6.45) is 0. The van der Waals surface area contributed by atoms with E-state index in [1.165, 1.54) is 44.6 Å². The van der Waals surface area contributed by atoms with Crippen molar-refractivity contribution in [1.29, 1.82) is 0 Å². The van der Waals surface area contributed by atoms with Gasteiger partial charge in [0, 0.05) is 17.1 Å². The fourth-order valence-electron chi connectivity index (χ4n) is 3.54. The van der Waals surface area contributed by atoms with E-state index in [9.17, 15) is 23.3 Å². The summed E-state index contributed by atoms with van der Waals surface area (Å²) in [6.45, 7) is -0.565. The first kappa shape index (κ1) is 25.9. The van der Waals surface area contributed by atoms with Gasteiger partial charge < -0.3 is 15.2 Å². The Morgan fingerprint density at radius 1 is 1.06 bits per heavy atom. The molecule has 0 aliphatic heterocycles. The predicted molar refractivity (Wildman–Crippen MR) is 129 cm³/mol. The molecular weight excluding hydrogens is 498 g/mol. The third-order valence-electron chi connectivity index (χ3n) is 5.20. The van der Waals surface area contributed by atoms with Crippen LogP contribution in [0.2, 0.25) is 5.02 Å². The van der Waals surface area contributed by atoms with Gasteiger partial charge in [0.15, 0.2) is 11.5 Å². The van der Waals surface area contributed by atoms with Gasteiger partial charge in [-0.3, -0.25) is 14.9 Å². The molecule has 0 saturated carbocycles. The molecule has 1 amide bonds. The Morgan fingerprint density at radius 2 is 1.63 bits per heavy atom. The maximum atomic E-state index is 13.8. The molecule has 0 aromatic heterocycles. The van der Waals surface area contributed by atoms with Crippen LogP contribution >= 0.6 is 11.6 Å². The standard InChI is InChI=1S/C23H22ClN3O7S/c1-33-20-12-16(19(27(29)30)13-21(20)34-2)14-26(22(23(25)28)15-6-4-3-5-7-15)35(31,32)18-10-8-17(24)9-11-18/h3-13,22H,14H2,1-2H3,(H2,25,28)/t22-/m1/s1. The van der Waals surface area contributed by atoms with Crippen molar-refractivity contribution in [2.24, 2.45) is 5.73 Å². The van der Waals surface area contributed by atoms with Gasteiger partial charge in [-0.25, -0.2) is 8.42 Å². The molecule has 10 nitrogen and oxygen atoms in total. The Balaban J connectivity index is 2.26. The fourth-order valence-corrected chi connectivity index (χ4v) is 5.23. The maximum absolute atomic E-state index is 13.8. The number of rotatable bonds is 10. The zero-order valence-corrected chi connectivity index (χ0v) is 20.3. The highest BCUT2D eigenvalue weighted by Crippen LogP contribution is 2.38. The maximum Gasteiger partial charge on any atom is 0.277 e. The summed E-state index contributed by atoms with van der Waals surface area (Å²) in [5.74, 6) is -0.728. The number of carbonyl (C=O) groups is 1. The van der Waals surface area contributed by atoms with Gasteiger partial charge in [-0.05, 0) is 35.9 Å². The van der Waals surface area contributed by atoms with E-state index in [1.807, 2.05) is 0 Å². The SMILES string of the molecule is COc1cc(CN([C@@H](C(N)=O)c2ccccc2)S(=O)(=O)c2ccc(Cl)cc2)c([N+](=O)[O-])cc1OC. The molecule has 0 spiro atoms. The molecule has 3 aromatic carbocycles. The molecule has 3 rings (SSSR count). The Morgan fingerprint density at radius 3 is 2.14 bits per heavy atom. The first-order chi connectivity index (χ1) is 16.6. The number of halogens is 1. The zero-order valence-electron chi connectivity index (χ0n) is 18.8. The molecule has 35 heavy (non-hydrogen) atoms. The second kappa shape index (κ2) is 10.7. The third-order valence-corrected chi connectivity index (χ3v) is 7.28. The minimum atomic E-state index is -4.41. The second-order valence-corrected chi connectivity index (χ2v) is 9.64. The topological polar surface area (TPSA) is 142 Å². The molecule has 0 aliphatic carbocycles. The number of nitro benzene ring substituents is 1. The molecule has 0 saturated heterocycles. The third kappa shape index (κ3) is 5.53. The fraction of sp³-hybridized carbons (Fsp3) is 0.174. The van der Waals surface area contributed by atoms with E-state index < -0.39 is 39.1 Å². The van der Waals surface area contributed by atoms with Crippen molar-refractivity contribution in [2.45, 2.75) is 17.5 Å². The van der Waals surface area contributed by atoms with Crippen molar-refractivity contribution in [1.82, 2.24) is 4.31 Å². The minimum Gasteiger partial charge on any atom is -0.493 e. The monoisotopic (exact) mass is 519 g/mol. The zero-order chi connectivity index (χ0) is 25.8. The van der Waals surface area contributed by atoms with E-state index in [-0.39, 0.29) is 22.0 Å². The number of methoxy groups -OCH3 is 2. The van der Waals surface area contributed by atoms with Crippen LogP contribution < -0.4 is 15.2 Å². The normalized spacial score (nSPS) is 12.2. The minimum absolute atomic E-state index is 0.0348. The van der Waals surface area contributed by atoms with E-state index in [1.54, 1.807) is 30.3 Å². The summed E-state index contributed by atoms with van der Waals surface area (Å²) < 4.78 is 38.8. The number of hydrogen-bond donors (Lipinski definition) is 1. The first-order valence-corrected chi connectivity index (χ1v) is 11.9. The van der Waals surface area contributed by atoms with Gasteiger partial charge >= 0.3 is 0 Å². The Hall–Kier alpha value is -3.67. The number of nitrogens with two attached hydrogens (primary N) is 1. The van der Waals surface area contributed by atoms with Crippen molar-refractivity contribution in [3.8, 4) is 11.5 Å². The summed E-state index contributed by atoms with van der Waals surface area (Å²) in [7, 11) is -1.75. The van der Waals surface area contributed by atoms with Crippen LogP contribution in [0, 0.1) is 10.1 Å². The highest BCUT2D eigenvalue weighted by molar-refractivity contribution is 7.89. The summed E-state index contributed by atoms with van der Waals surface area (Å²) in [5, 5.41) is 12.1.